The van der Waals surface area contributed by atoms with Gasteiger partial charge >= 0.3 is 0 Å². The first-order valence-corrected chi connectivity index (χ1v) is 9.04. The van der Waals surface area contributed by atoms with Crippen molar-refractivity contribution in [1.82, 2.24) is 9.80 Å². The maximum Gasteiger partial charge on any atom is 0.254 e. The van der Waals surface area contributed by atoms with Crippen LogP contribution >= 0.6 is 0 Å². The minimum Gasteiger partial charge on any atom is -0.491 e. The lowest BCUT2D eigenvalue weighted by atomic mass is 10.1. The van der Waals surface area contributed by atoms with Gasteiger partial charge in [-0.15, -0.1) is 0 Å². The van der Waals surface area contributed by atoms with Crippen LogP contribution in [0.25, 0.3) is 0 Å². The highest BCUT2D eigenvalue weighted by atomic mass is 19.1. The lowest BCUT2D eigenvalue weighted by Crippen LogP contribution is -2.48. The first kappa shape index (κ1) is 18.4. The zero-order chi connectivity index (χ0) is 18.5. The summed E-state index contributed by atoms with van der Waals surface area (Å²) in [7, 11) is 0. The van der Waals surface area contributed by atoms with Crippen LogP contribution in [0.4, 0.5) is 4.39 Å². The topological polar surface area (TPSA) is 32.8 Å². The Kier molecular flexibility index (Phi) is 5.89. The van der Waals surface area contributed by atoms with E-state index in [4.69, 9.17) is 4.74 Å². The number of hydrogen-bond acceptors (Lipinski definition) is 3. The van der Waals surface area contributed by atoms with E-state index in [2.05, 4.69) is 11.0 Å². The van der Waals surface area contributed by atoms with E-state index < -0.39 is 0 Å². The van der Waals surface area contributed by atoms with Gasteiger partial charge in [-0.2, -0.15) is 0 Å². The molecule has 2 aromatic rings. The smallest absolute Gasteiger partial charge is 0.254 e. The second kappa shape index (κ2) is 8.32. The summed E-state index contributed by atoms with van der Waals surface area (Å²) < 4.78 is 19.2. The van der Waals surface area contributed by atoms with Crippen LogP contribution in [0.5, 0.6) is 5.75 Å². The molecular formula is C21H25FN2O2. The molecule has 1 aliphatic rings. The van der Waals surface area contributed by atoms with Crippen molar-refractivity contribution in [3.8, 4) is 5.75 Å². The molecule has 1 saturated heterocycles. The van der Waals surface area contributed by atoms with E-state index in [9.17, 15) is 9.18 Å². The zero-order valence-corrected chi connectivity index (χ0v) is 15.3. The summed E-state index contributed by atoms with van der Waals surface area (Å²) in [4.78, 5) is 16.6. The number of amides is 1. The first-order chi connectivity index (χ1) is 12.5. The van der Waals surface area contributed by atoms with Gasteiger partial charge in [-0.1, -0.05) is 24.3 Å². The van der Waals surface area contributed by atoms with Crippen LogP contribution in [-0.2, 0) is 6.54 Å². The number of hydrogen-bond donors (Lipinski definition) is 0. The van der Waals surface area contributed by atoms with Gasteiger partial charge in [0.15, 0.2) is 0 Å². The average Bonchev–Trinajstić information content (AvgIpc) is 2.63. The van der Waals surface area contributed by atoms with E-state index in [-0.39, 0.29) is 17.8 Å². The Hall–Kier alpha value is -2.40. The molecule has 1 aliphatic heterocycles. The number of halogens is 1. The Labute approximate surface area is 154 Å². The monoisotopic (exact) mass is 356 g/mol. The molecule has 0 unspecified atom stereocenters. The van der Waals surface area contributed by atoms with Gasteiger partial charge in [-0.25, -0.2) is 4.39 Å². The van der Waals surface area contributed by atoms with E-state index in [1.807, 2.05) is 32.0 Å². The highest BCUT2D eigenvalue weighted by Gasteiger charge is 2.23. The van der Waals surface area contributed by atoms with Crippen LogP contribution in [0.15, 0.2) is 48.5 Å². The van der Waals surface area contributed by atoms with Crippen LogP contribution in [0, 0.1) is 5.82 Å². The van der Waals surface area contributed by atoms with E-state index in [0.717, 1.165) is 30.9 Å². The summed E-state index contributed by atoms with van der Waals surface area (Å²) >= 11 is 0. The van der Waals surface area contributed by atoms with Crippen molar-refractivity contribution in [2.45, 2.75) is 26.5 Å². The standard InChI is InChI=1S/C21H25FN2O2/c1-16(2)26-20-9-4-3-6-18(20)15-23-10-12-24(13-11-23)21(25)17-7-5-8-19(22)14-17/h3-9,14,16H,10-13,15H2,1-2H3. The minimum atomic E-state index is -0.378. The molecule has 4 nitrogen and oxygen atoms in total. The predicted molar refractivity (Wildman–Crippen MR) is 99.8 cm³/mol. The van der Waals surface area contributed by atoms with E-state index in [1.54, 1.807) is 17.0 Å². The molecule has 26 heavy (non-hydrogen) atoms. The summed E-state index contributed by atoms with van der Waals surface area (Å²) in [5, 5.41) is 0. The van der Waals surface area contributed by atoms with Crippen molar-refractivity contribution < 1.29 is 13.9 Å². The Balaban J connectivity index is 1.58. The molecule has 1 fully saturated rings. The lowest BCUT2D eigenvalue weighted by Gasteiger charge is -2.35. The van der Waals surface area contributed by atoms with Crippen molar-refractivity contribution in [3.05, 3.63) is 65.5 Å². The molecule has 0 atom stereocenters. The molecule has 0 aliphatic carbocycles. The molecule has 1 heterocycles. The van der Waals surface area contributed by atoms with Gasteiger partial charge in [-0.05, 0) is 38.1 Å². The fourth-order valence-corrected chi connectivity index (χ4v) is 3.16. The van der Waals surface area contributed by atoms with Gasteiger partial charge in [0.05, 0.1) is 6.10 Å². The van der Waals surface area contributed by atoms with Crippen LogP contribution < -0.4 is 4.74 Å². The largest absolute Gasteiger partial charge is 0.491 e. The van der Waals surface area contributed by atoms with E-state index in [1.165, 1.54) is 12.1 Å². The van der Waals surface area contributed by atoms with Gasteiger partial charge in [-0.3, -0.25) is 9.69 Å². The number of ether oxygens (including phenoxy) is 1. The molecular weight excluding hydrogens is 331 g/mol. The van der Waals surface area contributed by atoms with E-state index in [0.29, 0.717) is 18.7 Å². The number of para-hydroxylation sites is 1. The second-order valence-corrected chi connectivity index (χ2v) is 6.85. The summed E-state index contributed by atoms with van der Waals surface area (Å²) in [6.45, 7) is 7.70. The molecule has 2 aromatic carbocycles. The SMILES string of the molecule is CC(C)Oc1ccccc1CN1CCN(C(=O)c2cccc(F)c2)CC1. The summed E-state index contributed by atoms with van der Waals surface area (Å²) in [6.07, 6.45) is 0.136. The molecule has 0 aromatic heterocycles. The van der Waals surface area contributed by atoms with Crippen molar-refractivity contribution in [2.75, 3.05) is 26.2 Å². The summed E-state index contributed by atoms with van der Waals surface area (Å²) in [5.41, 5.74) is 1.57. The lowest BCUT2D eigenvalue weighted by molar-refractivity contribution is 0.0626. The van der Waals surface area contributed by atoms with Crippen molar-refractivity contribution >= 4 is 5.91 Å². The quantitative estimate of drug-likeness (QED) is 0.821. The number of benzene rings is 2. The maximum absolute atomic E-state index is 13.3. The van der Waals surface area contributed by atoms with Crippen LogP contribution in [0.1, 0.15) is 29.8 Å². The molecule has 0 spiro atoms. The Morgan fingerprint density at radius 3 is 2.50 bits per heavy atom. The molecule has 138 valence electrons. The molecule has 0 radical (unpaired) electrons. The van der Waals surface area contributed by atoms with Crippen molar-refractivity contribution in [3.63, 3.8) is 0 Å². The average molecular weight is 356 g/mol. The third-order valence-electron chi connectivity index (χ3n) is 4.46. The van der Waals surface area contributed by atoms with Crippen molar-refractivity contribution in [1.29, 1.82) is 0 Å². The van der Waals surface area contributed by atoms with Gasteiger partial charge in [0.2, 0.25) is 0 Å². The number of nitrogens with zero attached hydrogens (tertiary/aromatic N) is 2. The molecule has 1 amide bonds. The highest BCUT2D eigenvalue weighted by molar-refractivity contribution is 5.94. The number of carbonyl (C=O) groups excluding carboxylic acids is 1. The second-order valence-electron chi connectivity index (χ2n) is 6.85. The molecule has 0 N–H and O–H groups in total. The zero-order valence-electron chi connectivity index (χ0n) is 15.3. The fourth-order valence-electron chi connectivity index (χ4n) is 3.16. The molecule has 5 heteroatoms. The number of piperazine rings is 1. The van der Waals surface area contributed by atoms with Crippen LogP contribution in [0.3, 0.4) is 0 Å². The van der Waals surface area contributed by atoms with Crippen LogP contribution in [-0.4, -0.2) is 48.0 Å². The molecule has 0 bridgehead atoms. The Bertz CT molecular complexity index is 755. The van der Waals surface area contributed by atoms with E-state index >= 15 is 0 Å². The summed E-state index contributed by atoms with van der Waals surface area (Å²) in [5.74, 6) is 0.435. The normalized spacial score (nSPS) is 15.3. The molecule has 0 saturated carbocycles. The highest BCUT2D eigenvalue weighted by Crippen LogP contribution is 2.22. The first-order valence-electron chi connectivity index (χ1n) is 9.04. The molecule has 3 rings (SSSR count). The van der Waals surface area contributed by atoms with Crippen LogP contribution in [0.2, 0.25) is 0 Å². The predicted octanol–water partition coefficient (Wildman–Crippen LogP) is 3.57. The van der Waals surface area contributed by atoms with Gasteiger partial charge < -0.3 is 9.64 Å². The van der Waals surface area contributed by atoms with Gasteiger partial charge in [0.25, 0.3) is 5.91 Å². The summed E-state index contributed by atoms with van der Waals surface area (Å²) in [6, 6.07) is 14.0. The fraction of sp³-hybridized carbons (Fsp3) is 0.381. The Morgan fingerprint density at radius 1 is 1.08 bits per heavy atom. The number of carbonyl (C=O) groups is 1. The van der Waals surface area contributed by atoms with Gasteiger partial charge in [0, 0.05) is 43.9 Å². The third kappa shape index (κ3) is 4.61. The number of rotatable bonds is 5. The maximum atomic E-state index is 13.3. The Morgan fingerprint density at radius 2 is 1.81 bits per heavy atom. The minimum absolute atomic E-state index is 0.104. The third-order valence-corrected chi connectivity index (χ3v) is 4.46. The van der Waals surface area contributed by atoms with Crippen molar-refractivity contribution in [2.24, 2.45) is 0 Å². The van der Waals surface area contributed by atoms with Gasteiger partial charge in [0.1, 0.15) is 11.6 Å².